The van der Waals surface area contributed by atoms with Crippen molar-refractivity contribution < 1.29 is 36.3 Å². The van der Waals surface area contributed by atoms with Gasteiger partial charge in [-0.1, -0.05) is 19.9 Å². The quantitative estimate of drug-likeness (QED) is 0.390. The van der Waals surface area contributed by atoms with Crippen molar-refractivity contribution in [3.63, 3.8) is 0 Å². The summed E-state index contributed by atoms with van der Waals surface area (Å²) >= 11 is 0. The topological polar surface area (TPSA) is 128 Å². The number of anilines is 2. The lowest BCUT2D eigenvalue weighted by atomic mass is 9.92. The molecule has 9 nitrogen and oxygen atoms in total. The van der Waals surface area contributed by atoms with Crippen molar-refractivity contribution in [3.8, 4) is 0 Å². The van der Waals surface area contributed by atoms with Crippen molar-refractivity contribution in [2.75, 3.05) is 42.3 Å². The van der Waals surface area contributed by atoms with Gasteiger partial charge in [-0.25, -0.2) is 13.2 Å². The number of fused-ring (bicyclic) bond motifs is 1. The first-order valence-electron chi connectivity index (χ1n) is 13.1. The number of halogens is 3. The van der Waals surface area contributed by atoms with Crippen LogP contribution in [0.25, 0.3) is 0 Å². The molecule has 40 heavy (non-hydrogen) atoms. The van der Waals surface area contributed by atoms with E-state index in [-0.39, 0.29) is 10.8 Å². The second-order valence-corrected chi connectivity index (χ2v) is 11.8. The van der Waals surface area contributed by atoms with E-state index in [2.05, 4.69) is 20.3 Å². The highest BCUT2D eigenvalue weighted by Gasteiger charge is 2.38. The van der Waals surface area contributed by atoms with Crippen LogP contribution in [0.4, 0.5) is 24.5 Å². The highest BCUT2D eigenvalue weighted by molar-refractivity contribution is 7.92. The van der Waals surface area contributed by atoms with Crippen LogP contribution in [-0.4, -0.2) is 64.3 Å². The predicted octanol–water partition coefficient (Wildman–Crippen LogP) is 3.79. The molecule has 1 fully saturated rings. The Kier molecular flexibility index (Phi) is 10.4. The molecular formula is C27H35F3N4O5S. The molecule has 13 heteroatoms. The molecule has 0 saturated carbocycles. The third-order valence-corrected chi connectivity index (χ3v) is 7.87. The number of alkyl halides is 3. The van der Waals surface area contributed by atoms with Crippen LogP contribution in [0.15, 0.2) is 41.3 Å². The molecule has 0 radical (unpaired) electrons. The third kappa shape index (κ3) is 8.59. The van der Waals surface area contributed by atoms with E-state index < -0.39 is 22.2 Å². The number of amides is 1. The lowest BCUT2D eigenvalue weighted by molar-refractivity contribution is -0.192. The molecule has 2 aromatic carbocycles. The Morgan fingerprint density at radius 3 is 2.25 bits per heavy atom. The zero-order chi connectivity index (χ0) is 29.5. The maximum atomic E-state index is 13.4. The zero-order valence-electron chi connectivity index (χ0n) is 22.5. The summed E-state index contributed by atoms with van der Waals surface area (Å²) in [4.78, 5) is 24.0. The standard InChI is InChI=1S/C25H34N4O3S.C2HF3O2/c1-18(2)17-27-25(30)21-8-10-24(29-13-11-26-12-14-29)23(16-21)28-33(31,32)22-9-7-19-5-3-4-6-20(19)15-22;3-2(4,5)1(6)7/h7-10,15-16,18,26,28H,3-6,11-14,17H2,1-2H3,(H,27,30);(H,6,7). The first kappa shape index (κ1) is 31.2. The van der Waals surface area contributed by atoms with Crippen molar-refractivity contribution >= 4 is 33.3 Å². The van der Waals surface area contributed by atoms with E-state index in [9.17, 15) is 26.4 Å². The summed E-state index contributed by atoms with van der Waals surface area (Å²) in [6.07, 6.45) is -0.929. The van der Waals surface area contributed by atoms with E-state index in [1.165, 1.54) is 5.56 Å². The molecule has 220 valence electrons. The molecule has 2 aromatic rings. The number of aryl methyl sites for hydroxylation is 2. The van der Waals surface area contributed by atoms with Gasteiger partial charge in [0, 0.05) is 38.3 Å². The molecule has 1 aliphatic heterocycles. The Labute approximate surface area is 232 Å². The molecule has 1 heterocycles. The molecule has 4 rings (SSSR count). The SMILES string of the molecule is CC(C)CNC(=O)c1ccc(N2CCNCC2)c(NS(=O)(=O)c2ccc3c(c2)CCCC3)c1.O=C(O)C(F)(F)F. The number of hydrogen-bond acceptors (Lipinski definition) is 6. The number of nitrogens with zero attached hydrogens (tertiary/aromatic N) is 1. The number of benzene rings is 2. The number of carbonyl (C=O) groups excluding carboxylic acids is 1. The Hall–Kier alpha value is -3.32. The van der Waals surface area contributed by atoms with Crippen LogP contribution in [0.2, 0.25) is 0 Å². The van der Waals surface area contributed by atoms with Crippen LogP contribution in [0.5, 0.6) is 0 Å². The minimum atomic E-state index is -5.08. The van der Waals surface area contributed by atoms with E-state index in [1.54, 1.807) is 24.3 Å². The van der Waals surface area contributed by atoms with Crippen molar-refractivity contribution in [2.45, 2.75) is 50.6 Å². The fourth-order valence-corrected chi connectivity index (χ4v) is 5.54. The van der Waals surface area contributed by atoms with Gasteiger partial charge in [0.2, 0.25) is 0 Å². The average molecular weight is 585 g/mol. The summed E-state index contributed by atoms with van der Waals surface area (Å²) in [5.41, 5.74) is 4.03. The van der Waals surface area contributed by atoms with Gasteiger partial charge in [-0.15, -0.1) is 0 Å². The van der Waals surface area contributed by atoms with Gasteiger partial charge in [0.05, 0.1) is 16.3 Å². The predicted molar refractivity (Wildman–Crippen MR) is 146 cm³/mol. The van der Waals surface area contributed by atoms with Gasteiger partial charge in [0.15, 0.2) is 0 Å². The molecule has 1 saturated heterocycles. The van der Waals surface area contributed by atoms with Gasteiger partial charge in [-0.05, 0) is 73.1 Å². The fraction of sp³-hybridized carbons (Fsp3) is 0.481. The number of sulfonamides is 1. The second-order valence-electron chi connectivity index (χ2n) is 10.1. The maximum Gasteiger partial charge on any atom is 0.490 e. The normalized spacial score (nSPS) is 15.5. The number of aliphatic carboxylic acids is 1. The summed E-state index contributed by atoms with van der Waals surface area (Å²) < 4.78 is 61.3. The summed E-state index contributed by atoms with van der Waals surface area (Å²) in [7, 11) is -3.80. The van der Waals surface area contributed by atoms with Gasteiger partial charge in [-0.2, -0.15) is 13.2 Å². The minimum absolute atomic E-state index is 0.204. The number of carbonyl (C=O) groups is 2. The van der Waals surface area contributed by atoms with Crippen LogP contribution in [-0.2, 0) is 27.7 Å². The lowest BCUT2D eigenvalue weighted by Gasteiger charge is -2.31. The molecule has 1 amide bonds. The van der Waals surface area contributed by atoms with Crippen LogP contribution in [0, 0.1) is 5.92 Å². The van der Waals surface area contributed by atoms with E-state index in [4.69, 9.17) is 9.90 Å². The number of hydrogen-bond donors (Lipinski definition) is 4. The largest absolute Gasteiger partial charge is 0.490 e. The third-order valence-electron chi connectivity index (χ3n) is 6.50. The zero-order valence-corrected chi connectivity index (χ0v) is 23.3. The summed E-state index contributed by atoms with van der Waals surface area (Å²) in [6.45, 7) is 7.83. The summed E-state index contributed by atoms with van der Waals surface area (Å²) in [5.74, 6) is -2.63. The van der Waals surface area contributed by atoms with Gasteiger partial charge in [0.25, 0.3) is 15.9 Å². The number of carboxylic acid groups (broad SMARTS) is 1. The molecule has 0 unspecified atom stereocenters. The lowest BCUT2D eigenvalue weighted by Crippen LogP contribution is -2.43. The summed E-state index contributed by atoms with van der Waals surface area (Å²) in [5, 5.41) is 13.4. The number of carboxylic acids is 1. The van der Waals surface area contributed by atoms with Crippen molar-refractivity contribution in [1.29, 1.82) is 0 Å². The van der Waals surface area contributed by atoms with Gasteiger partial charge in [-0.3, -0.25) is 9.52 Å². The van der Waals surface area contributed by atoms with Crippen LogP contribution in [0.1, 0.15) is 48.2 Å². The monoisotopic (exact) mass is 584 g/mol. The molecule has 0 bridgehead atoms. The second kappa shape index (κ2) is 13.4. The van der Waals surface area contributed by atoms with E-state index >= 15 is 0 Å². The van der Waals surface area contributed by atoms with E-state index in [0.29, 0.717) is 23.7 Å². The highest BCUT2D eigenvalue weighted by atomic mass is 32.2. The molecule has 0 aromatic heterocycles. The van der Waals surface area contributed by atoms with E-state index in [0.717, 1.165) is 63.1 Å². The smallest absolute Gasteiger partial charge is 0.475 e. The molecule has 2 aliphatic rings. The van der Waals surface area contributed by atoms with Crippen LogP contribution >= 0.6 is 0 Å². The van der Waals surface area contributed by atoms with Crippen LogP contribution in [0.3, 0.4) is 0 Å². The molecule has 1 aliphatic carbocycles. The number of nitrogens with one attached hydrogen (secondary N) is 3. The molecule has 4 N–H and O–H groups in total. The van der Waals surface area contributed by atoms with Gasteiger partial charge >= 0.3 is 12.1 Å². The molecule has 0 spiro atoms. The number of rotatable bonds is 7. The van der Waals surface area contributed by atoms with Crippen LogP contribution < -0.4 is 20.3 Å². The Morgan fingerprint density at radius 2 is 1.65 bits per heavy atom. The Morgan fingerprint density at radius 1 is 1.02 bits per heavy atom. The van der Waals surface area contributed by atoms with Gasteiger partial charge in [0.1, 0.15) is 0 Å². The fourth-order valence-electron chi connectivity index (χ4n) is 4.42. The number of piperazine rings is 1. The Bertz CT molecular complexity index is 1310. The van der Waals surface area contributed by atoms with Crippen molar-refractivity contribution in [3.05, 3.63) is 53.1 Å². The van der Waals surface area contributed by atoms with Crippen molar-refractivity contribution in [2.24, 2.45) is 5.92 Å². The molecule has 0 atom stereocenters. The average Bonchev–Trinajstić information content (AvgIpc) is 2.91. The first-order valence-corrected chi connectivity index (χ1v) is 14.6. The summed E-state index contributed by atoms with van der Waals surface area (Å²) in [6, 6.07) is 10.7. The van der Waals surface area contributed by atoms with Crippen molar-refractivity contribution in [1.82, 2.24) is 10.6 Å². The highest BCUT2D eigenvalue weighted by Crippen LogP contribution is 2.31. The van der Waals surface area contributed by atoms with E-state index in [1.807, 2.05) is 26.0 Å². The minimum Gasteiger partial charge on any atom is -0.475 e. The van der Waals surface area contributed by atoms with Gasteiger partial charge < -0.3 is 20.6 Å². The maximum absolute atomic E-state index is 13.4. The Balaban J connectivity index is 0.000000559. The first-order chi connectivity index (χ1) is 18.8. The molecular weight excluding hydrogens is 549 g/mol.